The molecular formula is C18H30N2. The van der Waals surface area contributed by atoms with Crippen LogP contribution in [0.3, 0.4) is 0 Å². The van der Waals surface area contributed by atoms with Crippen molar-refractivity contribution in [1.29, 1.82) is 0 Å². The second-order valence-electron chi connectivity index (χ2n) is 6.23. The zero-order valence-electron chi connectivity index (χ0n) is 13.1. The normalized spacial score (nSPS) is 18.4. The van der Waals surface area contributed by atoms with Gasteiger partial charge in [0.25, 0.3) is 0 Å². The van der Waals surface area contributed by atoms with Crippen LogP contribution in [0.1, 0.15) is 62.6 Å². The van der Waals surface area contributed by atoms with Gasteiger partial charge in [0, 0.05) is 18.6 Å². The first-order chi connectivity index (χ1) is 9.70. The van der Waals surface area contributed by atoms with Crippen molar-refractivity contribution in [3.05, 3.63) is 35.4 Å². The number of rotatable bonds is 6. The van der Waals surface area contributed by atoms with Crippen molar-refractivity contribution in [2.45, 2.75) is 64.5 Å². The summed E-state index contributed by atoms with van der Waals surface area (Å²) < 4.78 is 0. The van der Waals surface area contributed by atoms with E-state index in [4.69, 9.17) is 5.73 Å². The van der Waals surface area contributed by atoms with E-state index >= 15 is 0 Å². The van der Waals surface area contributed by atoms with Gasteiger partial charge < -0.3 is 10.6 Å². The minimum absolute atomic E-state index is 0.174. The Morgan fingerprint density at radius 3 is 2.40 bits per heavy atom. The summed E-state index contributed by atoms with van der Waals surface area (Å²) in [5, 5.41) is 0. The second kappa shape index (κ2) is 7.80. The molecule has 0 bridgehead atoms. The van der Waals surface area contributed by atoms with E-state index in [1.165, 1.54) is 43.2 Å². The smallest absolute Gasteiger partial charge is 0.0307 e. The molecule has 20 heavy (non-hydrogen) atoms. The topological polar surface area (TPSA) is 29.3 Å². The third-order valence-corrected chi connectivity index (χ3v) is 4.73. The van der Waals surface area contributed by atoms with Gasteiger partial charge in [0.1, 0.15) is 0 Å². The third-order valence-electron chi connectivity index (χ3n) is 4.73. The molecule has 112 valence electrons. The first-order valence-corrected chi connectivity index (χ1v) is 8.27. The monoisotopic (exact) mass is 274 g/mol. The van der Waals surface area contributed by atoms with Gasteiger partial charge in [0.15, 0.2) is 0 Å². The molecule has 0 saturated heterocycles. The molecule has 1 aliphatic carbocycles. The summed E-state index contributed by atoms with van der Waals surface area (Å²) in [7, 11) is 0. The van der Waals surface area contributed by atoms with Crippen molar-refractivity contribution in [3.63, 3.8) is 0 Å². The van der Waals surface area contributed by atoms with Crippen LogP contribution in [0.5, 0.6) is 0 Å². The number of aryl methyl sites for hydroxylation is 1. The van der Waals surface area contributed by atoms with Crippen LogP contribution in [-0.2, 0) is 0 Å². The van der Waals surface area contributed by atoms with Crippen LogP contribution in [-0.4, -0.2) is 24.0 Å². The van der Waals surface area contributed by atoms with E-state index < -0.39 is 0 Å². The van der Waals surface area contributed by atoms with E-state index in [-0.39, 0.29) is 6.04 Å². The molecule has 0 heterocycles. The average Bonchev–Trinajstić information content (AvgIpc) is 2.49. The minimum atomic E-state index is 0.174. The SMILES string of the molecule is CCN(CCC(N)c1ccc(C)cc1)C1CCCCC1. The Morgan fingerprint density at radius 2 is 1.80 bits per heavy atom. The summed E-state index contributed by atoms with van der Waals surface area (Å²) in [6.07, 6.45) is 8.07. The van der Waals surface area contributed by atoms with Gasteiger partial charge in [-0.15, -0.1) is 0 Å². The van der Waals surface area contributed by atoms with E-state index in [9.17, 15) is 0 Å². The fourth-order valence-electron chi connectivity index (χ4n) is 3.33. The van der Waals surface area contributed by atoms with Gasteiger partial charge in [-0.05, 0) is 38.3 Å². The van der Waals surface area contributed by atoms with Crippen molar-refractivity contribution in [2.75, 3.05) is 13.1 Å². The first-order valence-electron chi connectivity index (χ1n) is 8.27. The molecule has 0 spiro atoms. The highest BCUT2D eigenvalue weighted by Gasteiger charge is 2.20. The predicted octanol–water partition coefficient (Wildman–Crippen LogP) is 4.04. The number of hydrogen-bond donors (Lipinski definition) is 1. The van der Waals surface area contributed by atoms with E-state index in [1.807, 2.05) is 0 Å². The molecule has 1 fully saturated rings. The van der Waals surface area contributed by atoms with Gasteiger partial charge in [-0.1, -0.05) is 56.0 Å². The van der Waals surface area contributed by atoms with E-state index in [0.29, 0.717) is 0 Å². The zero-order chi connectivity index (χ0) is 14.4. The average molecular weight is 274 g/mol. The maximum Gasteiger partial charge on any atom is 0.0307 e. The van der Waals surface area contributed by atoms with E-state index in [2.05, 4.69) is 43.0 Å². The van der Waals surface area contributed by atoms with Gasteiger partial charge in [-0.2, -0.15) is 0 Å². The molecule has 1 aromatic rings. The van der Waals surface area contributed by atoms with E-state index in [0.717, 1.165) is 25.6 Å². The van der Waals surface area contributed by atoms with Crippen molar-refractivity contribution in [2.24, 2.45) is 5.73 Å². The van der Waals surface area contributed by atoms with Crippen molar-refractivity contribution >= 4 is 0 Å². The van der Waals surface area contributed by atoms with Crippen LogP contribution in [0.15, 0.2) is 24.3 Å². The molecule has 1 aliphatic rings. The second-order valence-corrected chi connectivity index (χ2v) is 6.23. The summed E-state index contributed by atoms with van der Waals surface area (Å²) in [5.74, 6) is 0. The molecule has 1 saturated carbocycles. The van der Waals surface area contributed by atoms with Crippen molar-refractivity contribution in [3.8, 4) is 0 Å². The number of nitrogens with two attached hydrogens (primary N) is 1. The van der Waals surface area contributed by atoms with Crippen molar-refractivity contribution < 1.29 is 0 Å². The molecule has 1 unspecified atom stereocenters. The zero-order valence-corrected chi connectivity index (χ0v) is 13.1. The Hall–Kier alpha value is -0.860. The summed E-state index contributed by atoms with van der Waals surface area (Å²) in [4.78, 5) is 2.65. The lowest BCUT2D eigenvalue weighted by Crippen LogP contribution is -2.38. The molecule has 0 radical (unpaired) electrons. The number of nitrogens with zero attached hydrogens (tertiary/aromatic N) is 1. The largest absolute Gasteiger partial charge is 0.324 e. The van der Waals surface area contributed by atoms with Gasteiger partial charge in [-0.25, -0.2) is 0 Å². The molecule has 0 amide bonds. The van der Waals surface area contributed by atoms with E-state index in [1.54, 1.807) is 0 Å². The first kappa shape index (κ1) is 15.5. The molecule has 2 heteroatoms. The highest BCUT2D eigenvalue weighted by molar-refractivity contribution is 5.23. The Morgan fingerprint density at radius 1 is 1.15 bits per heavy atom. The van der Waals surface area contributed by atoms with Crippen LogP contribution in [0, 0.1) is 6.92 Å². The van der Waals surface area contributed by atoms with Crippen LogP contribution in [0.4, 0.5) is 0 Å². The van der Waals surface area contributed by atoms with Crippen molar-refractivity contribution in [1.82, 2.24) is 4.90 Å². The Balaban J connectivity index is 1.84. The molecular weight excluding hydrogens is 244 g/mol. The fourth-order valence-corrected chi connectivity index (χ4v) is 3.33. The van der Waals surface area contributed by atoms with Gasteiger partial charge in [0.2, 0.25) is 0 Å². The Kier molecular flexibility index (Phi) is 6.06. The summed E-state index contributed by atoms with van der Waals surface area (Å²) in [6, 6.07) is 9.66. The molecule has 0 aliphatic heterocycles. The van der Waals surface area contributed by atoms with Crippen LogP contribution in [0.2, 0.25) is 0 Å². The van der Waals surface area contributed by atoms with Gasteiger partial charge in [0.05, 0.1) is 0 Å². The standard InChI is InChI=1S/C18H30N2/c1-3-20(17-7-5-4-6-8-17)14-13-18(19)16-11-9-15(2)10-12-16/h9-12,17-18H,3-8,13-14,19H2,1-2H3. The van der Waals surface area contributed by atoms with Gasteiger partial charge in [-0.3, -0.25) is 0 Å². The summed E-state index contributed by atoms with van der Waals surface area (Å²) in [5.41, 5.74) is 8.93. The number of hydrogen-bond acceptors (Lipinski definition) is 2. The quantitative estimate of drug-likeness (QED) is 0.848. The molecule has 2 N–H and O–H groups in total. The summed E-state index contributed by atoms with van der Waals surface area (Å²) in [6.45, 7) is 6.70. The highest BCUT2D eigenvalue weighted by atomic mass is 15.1. The van der Waals surface area contributed by atoms with Crippen LogP contribution >= 0.6 is 0 Å². The highest BCUT2D eigenvalue weighted by Crippen LogP contribution is 2.23. The Labute approximate surface area is 124 Å². The van der Waals surface area contributed by atoms with Gasteiger partial charge >= 0.3 is 0 Å². The Bertz CT molecular complexity index is 379. The minimum Gasteiger partial charge on any atom is -0.324 e. The molecule has 0 aromatic heterocycles. The number of benzene rings is 1. The third kappa shape index (κ3) is 4.32. The lowest BCUT2D eigenvalue weighted by atomic mass is 9.93. The lowest BCUT2D eigenvalue weighted by Gasteiger charge is -2.34. The maximum absolute atomic E-state index is 6.35. The fraction of sp³-hybridized carbons (Fsp3) is 0.667. The van der Waals surface area contributed by atoms with Crippen LogP contribution in [0.25, 0.3) is 0 Å². The van der Waals surface area contributed by atoms with Crippen LogP contribution < -0.4 is 5.73 Å². The summed E-state index contributed by atoms with van der Waals surface area (Å²) >= 11 is 0. The molecule has 2 rings (SSSR count). The lowest BCUT2D eigenvalue weighted by molar-refractivity contribution is 0.159. The molecule has 1 aromatic carbocycles. The molecule has 2 nitrogen and oxygen atoms in total. The maximum atomic E-state index is 6.35. The predicted molar refractivity (Wildman–Crippen MR) is 86.8 cm³/mol. The molecule has 1 atom stereocenters.